The summed E-state index contributed by atoms with van der Waals surface area (Å²) < 4.78 is 0. The highest BCUT2D eigenvalue weighted by atomic mass is 32.1. The van der Waals surface area contributed by atoms with E-state index in [0.717, 1.165) is 25.7 Å². The maximum atomic E-state index is 13.3. The number of amides is 4. The summed E-state index contributed by atoms with van der Waals surface area (Å²) in [5, 5.41) is 16.9. The minimum atomic E-state index is -0.819. The van der Waals surface area contributed by atoms with Gasteiger partial charge in [-0.15, -0.1) is 11.3 Å². The van der Waals surface area contributed by atoms with Gasteiger partial charge in [0.15, 0.2) is 0 Å². The minimum Gasteiger partial charge on any atom is -0.331 e. The molecule has 4 N–H and O–H groups in total. The molecule has 0 aliphatic heterocycles. The van der Waals surface area contributed by atoms with Gasteiger partial charge in [-0.1, -0.05) is 33.6 Å². The van der Waals surface area contributed by atoms with Crippen molar-refractivity contribution in [3.63, 3.8) is 0 Å². The Bertz CT molecular complexity index is 666. The van der Waals surface area contributed by atoms with E-state index >= 15 is 0 Å². The second-order valence-electron chi connectivity index (χ2n) is 8.28. The van der Waals surface area contributed by atoms with E-state index < -0.39 is 23.4 Å². The average Bonchev–Trinajstić information content (AvgIpc) is 3.31. The van der Waals surface area contributed by atoms with E-state index in [9.17, 15) is 14.4 Å². The fourth-order valence-corrected chi connectivity index (χ4v) is 4.02. The van der Waals surface area contributed by atoms with Gasteiger partial charge in [0, 0.05) is 6.54 Å². The molecule has 1 atom stereocenters. The molecule has 0 spiro atoms. The van der Waals surface area contributed by atoms with Crippen LogP contribution in [-0.4, -0.2) is 47.1 Å². The lowest BCUT2D eigenvalue weighted by Gasteiger charge is -2.35. The van der Waals surface area contributed by atoms with E-state index in [2.05, 4.69) is 10.6 Å². The summed E-state index contributed by atoms with van der Waals surface area (Å²) in [5.41, 5.74) is 1.03. The van der Waals surface area contributed by atoms with Crippen molar-refractivity contribution in [3.05, 3.63) is 17.5 Å². The van der Waals surface area contributed by atoms with Gasteiger partial charge in [-0.2, -0.15) is 0 Å². The standard InChI is InChI=1S/C19H30N4O4S/c1-19(2,3)16(21-18(26)20-15-9-6-10-28-15)17(25)23(12-14(24)22-27)11-13-7-4-5-8-13/h6,9-10,13,16,27H,4-5,7-8,11-12H2,1-3H3,(H,22,24)(H2,20,21,26)/t16-/m1/s1. The fraction of sp³-hybridized carbons (Fsp3) is 0.632. The van der Waals surface area contributed by atoms with Crippen LogP contribution in [0.5, 0.6) is 0 Å². The highest BCUT2D eigenvalue weighted by molar-refractivity contribution is 7.14. The third-order valence-corrected chi connectivity index (χ3v) is 5.66. The number of urea groups is 1. The van der Waals surface area contributed by atoms with Crippen LogP contribution in [0.15, 0.2) is 17.5 Å². The normalized spacial score (nSPS) is 15.7. The Kier molecular flexibility index (Phi) is 7.82. The van der Waals surface area contributed by atoms with Gasteiger partial charge in [-0.05, 0) is 41.7 Å². The monoisotopic (exact) mass is 410 g/mol. The molecule has 1 aromatic rings. The second-order valence-corrected chi connectivity index (χ2v) is 9.23. The van der Waals surface area contributed by atoms with Gasteiger partial charge in [0.2, 0.25) is 5.91 Å². The summed E-state index contributed by atoms with van der Waals surface area (Å²) in [6, 6.07) is 2.31. The number of rotatable bonds is 7. The van der Waals surface area contributed by atoms with Crippen LogP contribution in [0.25, 0.3) is 0 Å². The number of carbonyl (C=O) groups excluding carboxylic acids is 3. The predicted molar refractivity (Wildman–Crippen MR) is 108 cm³/mol. The molecule has 0 unspecified atom stereocenters. The molecule has 1 saturated carbocycles. The van der Waals surface area contributed by atoms with Crippen LogP contribution in [0.1, 0.15) is 46.5 Å². The Morgan fingerprint density at radius 2 is 1.96 bits per heavy atom. The van der Waals surface area contributed by atoms with Gasteiger partial charge in [0.25, 0.3) is 5.91 Å². The second kappa shape index (κ2) is 9.88. The van der Waals surface area contributed by atoms with Gasteiger partial charge in [-0.3, -0.25) is 20.1 Å². The SMILES string of the molecule is CC(C)(C)[C@H](NC(=O)Nc1cccs1)C(=O)N(CC(=O)NO)CC1CCCC1. The number of nitrogens with one attached hydrogen (secondary N) is 3. The lowest BCUT2D eigenvalue weighted by Crippen LogP contribution is -2.57. The molecule has 8 nitrogen and oxygen atoms in total. The van der Waals surface area contributed by atoms with Crippen LogP contribution in [0, 0.1) is 11.3 Å². The molecule has 9 heteroatoms. The summed E-state index contributed by atoms with van der Waals surface area (Å²) in [4.78, 5) is 38.9. The van der Waals surface area contributed by atoms with Crippen LogP contribution in [-0.2, 0) is 9.59 Å². The number of hydroxylamine groups is 1. The Labute approximate surface area is 169 Å². The van der Waals surface area contributed by atoms with E-state index in [1.54, 1.807) is 11.5 Å². The molecule has 156 valence electrons. The maximum Gasteiger partial charge on any atom is 0.320 e. The number of hydrogen-bond donors (Lipinski definition) is 4. The van der Waals surface area contributed by atoms with E-state index in [4.69, 9.17) is 5.21 Å². The van der Waals surface area contributed by atoms with Crippen LogP contribution in [0.3, 0.4) is 0 Å². The molecule has 2 rings (SSSR count). The van der Waals surface area contributed by atoms with Crippen LogP contribution in [0.2, 0.25) is 0 Å². The van der Waals surface area contributed by atoms with E-state index in [1.165, 1.54) is 16.2 Å². The third-order valence-electron chi connectivity index (χ3n) is 4.87. The molecule has 0 aromatic carbocycles. The molecule has 0 radical (unpaired) electrons. The quantitative estimate of drug-likeness (QED) is 0.409. The van der Waals surface area contributed by atoms with Gasteiger partial charge in [-0.25, -0.2) is 10.3 Å². The largest absolute Gasteiger partial charge is 0.331 e. The molecular weight excluding hydrogens is 380 g/mol. The highest BCUT2D eigenvalue weighted by Gasteiger charge is 2.37. The van der Waals surface area contributed by atoms with Gasteiger partial charge >= 0.3 is 6.03 Å². The van der Waals surface area contributed by atoms with Crippen molar-refractivity contribution in [2.24, 2.45) is 11.3 Å². The zero-order chi connectivity index (χ0) is 20.7. The number of hydrogen-bond acceptors (Lipinski definition) is 5. The van der Waals surface area contributed by atoms with Gasteiger partial charge in [0.1, 0.15) is 12.6 Å². The first-order valence-electron chi connectivity index (χ1n) is 9.53. The van der Waals surface area contributed by atoms with Crippen LogP contribution < -0.4 is 16.1 Å². The Balaban J connectivity index is 2.13. The highest BCUT2D eigenvalue weighted by Crippen LogP contribution is 2.27. The Morgan fingerprint density at radius 1 is 1.29 bits per heavy atom. The number of nitrogens with zero attached hydrogens (tertiary/aromatic N) is 1. The maximum absolute atomic E-state index is 13.3. The number of thiophene rings is 1. The van der Waals surface area contributed by atoms with E-state index in [0.29, 0.717) is 17.5 Å². The van der Waals surface area contributed by atoms with Gasteiger partial charge < -0.3 is 10.2 Å². The molecule has 4 amide bonds. The smallest absolute Gasteiger partial charge is 0.320 e. The molecule has 1 aromatic heterocycles. The summed E-state index contributed by atoms with van der Waals surface area (Å²) in [6.45, 7) is 5.78. The molecule has 0 saturated heterocycles. The lowest BCUT2D eigenvalue weighted by atomic mass is 9.85. The van der Waals surface area contributed by atoms with Crippen LogP contribution >= 0.6 is 11.3 Å². The summed E-state index contributed by atoms with van der Waals surface area (Å²) in [6.07, 6.45) is 4.25. The molecule has 1 aliphatic carbocycles. The average molecular weight is 411 g/mol. The Morgan fingerprint density at radius 3 is 2.50 bits per heavy atom. The molecule has 1 aliphatic rings. The Hall–Kier alpha value is -2.13. The summed E-state index contributed by atoms with van der Waals surface area (Å²) >= 11 is 1.39. The van der Waals surface area contributed by atoms with Crippen molar-refractivity contribution in [2.75, 3.05) is 18.4 Å². The summed E-state index contributed by atoms with van der Waals surface area (Å²) in [5.74, 6) is -0.651. The first-order chi connectivity index (χ1) is 13.2. The van der Waals surface area contributed by atoms with E-state index in [-0.39, 0.29) is 12.5 Å². The molecule has 28 heavy (non-hydrogen) atoms. The fourth-order valence-electron chi connectivity index (χ4n) is 3.41. The van der Waals surface area contributed by atoms with Crippen molar-refractivity contribution in [2.45, 2.75) is 52.5 Å². The molecule has 0 bridgehead atoms. The van der Waals surface area contributed by atoms with Crippen molar-refractivity contribution < 1.29 is 19.6 Å². The molecule has 1 heterocycles. The lowest BCUT2D eigenvalue weighted by molar-refractivity contribution is -0.142. The van der Waals surface area contributed by atoms with Crippen molar-refractivity contribution >= 4 is 34.2 Å². The topological polar surface area (TPSA) is 111 Å². The first kappa shape index (κ1) is 22.2. The van der Waals surface area contributed by atoms with Crippen molar-refractivity contribution in [1.29, 1.82) is 0 Å². The summed E-state index contributed by atoms with van der Waals surface area (Å²) in [7, 11) is 0. The first-order valence-corrected chi connectivity index (χ1v) is 10.4. The van der Waals surface area contributed by atoms with Crippen LogP contribution in [0.4, 0.5) is 9.80 Å². The number of carbonyl (C=O) groups is 3. The third kappa shape index (κ3) is 6.49. The molecular formula is C19H30N4O4S. The van der Waals surface area contributed by atoms with Gasteiger partial charge in [0.05, 0.1) is 5.00 Å². The zero-order valence-corrected chi connectivity index (χ0v) is 17.5. The minimum absolute atomic E-state index is 0.243. The van der Waals surface area contributed by atoms with Crippen molar-refractivity contribution in [1.82, 2.24) is 15.7 Å². The number of anilines is 1. The van der Waals surface area contributed by atoms with E-state index in [1.807, 2.05) is 32.2 Å². The predicted octanol–water partition coefficient (Wildman–Crippen LogP) is 2.81. The zero-order valence-electron chi connectivity index (χ0n) is 16.7. The van der Waals surface area contributed by atoms with Crippen molar-refractivity contribution in [3.8, 4) is 0 Å². The molecule has 1 fully saturated rings.